The second-order valence-electron chi connectivity index (χ2n) is 8.12. The number of piperazine rings is 1. The van der Waals surface area contributed by atoms with Crippen LogP contribution in [-0.2, 0) is 11.3 Å². The van der Waals surface area contributed by atoms with Crippen LogP contribution in [0.4, 0.5) is 4.79 Å². The summed E-state index contributed by atoms with van der Waals surface area (Å²) in [7, 11) is 0. The molecule has 0 bridgehead atoms. The minimum atomic E-state index is -0.343. The topological polar surface area (TPSA) is 103 Å². The highest BCUT2D eigenvalue weighted by atomic mass is 35.5. The number of carbonyl (C=O) groups excluding carboxylic acids is 2. The summed E-state index contributed by atoms with van der Waals surface area (Å²) in [6.07, 6.45) is 0.422. The van der Waals surface area contributed by atoms with Gasteiger partial charge in [0.1, 0.15) is 5.75 Å². The Bertz CT molecular complexity index is 1220. The second kappa shape index (κ2) is 10.3. The average molecular weight is 484 g/mol. The molecule has 34 heavy (non-hydrogen) atoms. The first-order valence-corrected chi connectivity index (χ1v) is 11.5. The van der Waals surface area contributed by atoms with Crippen molar-refractivity contribution in [1.29, 1.82) is 0 Å². The molecule has 2 N–H and O–H groups in total. The zero-order chi connectivity index (χ0) is 24.2. The van der Waals surface area contributed by atoms with Gasteiger partial charge in [0.05, 0.1) is 29.4 Å². The molecule has 1 aromatic heterocycles. The number of aliphatic hydroxyl groups is 1. The Morgan fingerprint density at radius 3 is 2.50 bits per heavy atom. The fourth-order valence-electron chi connectivity index (χ4n) is 3.89. The molecule has 1 fully saturated rings. The van der Waals surface area contributed by atoms with Gasteiger partial charge in [0.25, 0.3) is 5.91 Å². The van der Waals surface area contributed by atoms with E-state index in [-0.39, 0.29) is 24.4 Å². The summed E-state index contributed by atoms with van der Waals surface area (Å²) < 4.78 is 5.17. The largest absolute Gasteiger partial charge is 0.508 e. The summed E-state index contributed by atoms with van der Waals surface area (Å²) in [5, 5.41) is 20.5. The van der Waals surface area contributed by atoms with E-state index in [0.29, 0.717) is 71.1 Å². The molecule has 1 saturated heterocycles. The molecule has 9 heteroatoms. The van der Waals surface area contributed by atoms with Crippen LogP contribution in [0.5, 0.6) is 5.75 Å². The summed E-state index contributed by atoms with van der Waals surface area (Å²) in [5.41, 5.74) is 2.69. The first kappa shape index (κ1) is 23.8. The predicted octanol–water partition coefficient (Wildman–Crippen LogP) is 4.06. The van der Waals surface area contributed by atoms with Crippen LogP contribution in [0.2, 0.25) is 5.02 Å². The van der Waals surface area contributed by atoms with Crippen molar-refractivity contribution < 1.29 is 24.5 Å². The van der Waals surface area contributed by atoms with Crippen molar-refractivity contribution in [3.8, 4) is 17.0 Å². The average Bonchev–Trinajstić information content (AvgIpc) is 2.86. The van der Waals surface area contributed by atoms with Crippen molar-refractivity contribution in [3.05, 3.63) is 58.6 Å². The van der Waals surface area contributed by atoms with E-state index in [1.165, 1.54) is 6.07 Å². The van der Waals surface area contributed by atoms with E-state index in [1.54, 1.807) is 46.2 Å². The van der Waals surface area contributed by atoms with Crippen molar-refractivity contribution in [2.24, 2.45) is 0 Å². The standard InChI is InChI=1S/C25H26ClN3O5/c1-2-11-34-25(33)29-9-7-28(8-10-29)24(32)17-3-5-19-20(26)14-21(27-22(19)13-17)16-4-6-23(31)18(12-16)15-30/h3-6,12-14,30-31H,2,7-11,15H2,1H3. The first-order chi connectivity index (χ1) is 16.4. The Morgan fingerprint density at radius 2 is 1.79 bits per heavy atom. The van der Waals surface area contributed by atoms with Gasteiger partial charge in [0, 0.05) is 48.3 Å². The van der Waals surface area contributed by atoms with Crippen LogP contribution >= 0.6 is 11.6 Å². The maximum absolute atomic E-state index is 13.1. The zero-order valence-corrected chi connectivity index (χ0v) is 19.6. The molecule has 2 aromatic carbocycles. The van der Waals surface area contributed by atoms with Gasteiger partial charge in [-0.15, -0.1) is 0 Å². The van der Waals surface area contributed by atoms with Crippen LogP contribution in [-0.4, -0.2) is 69.8 Å². The maximum Gasteiger partial charge on any atom is 0.409 e. The minimum absolute atomic E-state index is 0.00439. The van der Waals surface area contributed by atoms with E-state index < -0.39 is 0 Å². The van der Waals surface area contributed by atoms with Crippen LogP contribution in [0.25, 0.3) is 22.2 Å². The van der Waals surface area contributed by atoms with Gasteiger partial charge >= 0.3 is 6.09 Å². The molecule has 8 nitrogen and oxygen atoms in total. The molecule has 0 aliphatic carbocycles. The highest BCUT2D eigenvalue weighted by molar-refractivity contribution is 6.35. The van der Waals surface area contributed by atoms with Gasteiger partial charge < -0.3 is 24.7 Å². The number of amides is 2. The lowest BCUT2D eigenvalue weighted by molar-refractivity contribution is 0.0560. The fraction of sp³-hybridized carbons (Fsp3) is 0.320. The smallest absolute Gasteiger partial charge is 0.409 e. The molecule has 1 aliphatic heterocycles. The van der Waals surface area contributed by atoms with Gasteiger partial charge in [-0.25, -0.2) is 9.78 Å². The number of aromatic hydroxyl groups is 1. The molecule has 0 saturated carbocycles. The third-order valence-corrected chi connectivity index (χ3v) is 6.12. The molecule has 4 rings (SSSR count). The van der Waals surface area contributed by atoms with Crippen molar-refractivity contribution >= 4 is 34.5 Å². The molecular weight excluding hydrogens is 458 g/mol. The quantitative estimate of drug-likeness (QED) is 0.567. The Hall–Kier alpha value is -3.36. The number of ether oxygens (including phenoxy) is 1. The second-order valence-corrected chi connectivity index (χ2v) is 8.52. The Balaban J connectivity index is 1.55. The molecule has 1 aliphatic rings. The first-order valence-electron chi connectivity index (χ1n) is 11.2. The number of nitrogens with zero attached hydrogens (tertiary/aromatic N) is 3. The molecule has 2 heterocycles. The Labute approximate surface area is 202 Å². The maximum atomic E-state index is 13.1. The molecule has 3 aromatic rings. The molecular formula is C25H26ClN3O5. The third-order valence-electron chi connectivity index (χ3n) is 5.81. The summed E-state index contributed by atoms with van der Waals surface area (Å²) in [6.45, 7) is 3.71. The van der Waals surface area contributed by atoms with E-state index in [0.717, 1.165) is 6.42 Å². The third kappa shape index (κ3) is 4.93. The lowest BCUT2D eigenvalue weighted by Gasteiger charge is -2.34. The molecule has 0 spiro atoms. The lowest BCUT2D eigenvalue weighted by Crippen LogP contribution is -2.50. The van der Waals surface area contributed by atoms with Crippen LogP contribution in [0, 0.1) is 0 Å². The van der Waals surface area contributed by atoms with Gasteiger partial charge in [-0.05, 0) is 42.8 Å². The van der Waals surface area contributed by atoms with Gasteiger partial charge in [-0.2, -0.15) is 0 Å². The van der Waals surface area contributed by atoms with Crippen molar-refractivity contribution in [1.82, 2.24) is 14.8 Å². The molecule has 0 unspecified atom stereocenters. The number of rotatable bonds is 5. The number of aliphatic hydroxyl groups excluding tert-OH is 1. The number of benzene rings is 2. The summed E-state index contributed by atoms with van der Waals surface area (Å²) in [5.74, 6) is -0.135. The van der Waals surface area contributed by atoms with Crippen LogP contribution in [0.15, 0.2) is 42.5 Å². The number of phenols is 1. The van der Waals surface area contributed by atoms with Gasteiger partial charge in [0.15, 0.2) is 0 Å². The van der Waals surface area contributed by atoms with E-state index in [9.17, 15) is 19.8 Å². The normalized spacial score (nSPS) is 13.9. The van der Waals surface area contributed by atoms with E-state index in [4.69, 9.17) is 16.3 Å². The zero-order valence-electron chi connectivity index (χ0n) is 18.8. The number of aromatic nitrogens is 1. The highest BCUT2D eigenvalue weighted by Crippen LogP contribution is 2.31. The van der Waals surface area contributed by atoms with Crippen LogP contribution in [0.1, 0.15) is 29.3 Å². The number of halogens is 1. The van der Waals surface area contributed by atoms with Crippen LogP contribution in [0.3, 0.4) is 0 Å². The van der Waals surface area contributed by atoms with E-state index in [1.807, 2.05) is 6.92 Å². The van der Waals surface area contributed by atoms with Gasteiger partial charge in [-0.1, -0.05) is 24.6 Å². The predicted molar refractivity (Wildman–Crippen MR) is 129 cm³/mol. The molecule has 0 atom stereocenters. The molecule has 0 radical (unpaired) electrons. The summed E-state index contributed by atoms with van der Waals surface area (Å²) in [6, 6.07) is 11.8. The number of hydrogen-bond acceptors (Lipinski definition) is 6. The van der Waals surface area contributed by atoms with Crippen molar-refractivity contribution in [2.75, 3.05) is 32.8 Å². The van der Waals surface area contributed by atoms with Gasteiger partial charge in [0.2, 0.25) is 0 Å². The van der Waals surface area contributed by atoms with Crippen molar-refractivity contribution in [3.63, 3.8) is 0 Å². The molecule has 178 valence electrons. The highest BCUT2D eigenvalue weighted by Gasteiger charge is 2.26. The van der Waals surface area contributed by atoms with Gasteiger partial charge in [-0.3, -0.25) is 4.79 Å². The van der Waals surface area contributed by atoms with Crippen LogP contribution < -0.4 is 0 Å². The summed E-state index contributed by atoms with van der Waals surface area (Å²) >= 11 is 6.50. The van der Waals surface area contributed by atoms with E-state index >= 15 is 0 Å². The monoisotopic (exact) mass is 483 g/mol. The molecule has 2 amide bonds. The number of carbonyl (C=O) groups is 2. The summed E-state index contributed by atoms with van der Waals surface area (Å²) in [4.78, 5) is 33.2. The number of fused-ring (bicyclic) bond motifs is 1. The lowest BCUT2D eigenvalue weighted by atomic mass is 10.0. The fourth-order valence-corrected chi connectivity index (χ4v) is 4.16. The minimum Gasteiger partial charge on any atom is -0.508 e. The number of hydrogen-bond donors (Lipinski definition) is 2. The van der Waals surface area contributed by atoms with Crippen molar-refractivity contribution in [2.45, 2.75) is 20.0 Å². The SMILES string of the molecule is CCCOC(=O)N1CCN(C(=O)c2ccc3c(Cl)cc(-c4ccc(O)c(CO)c4)nc3c2)CC1. The Kier molecular flexibility index (Phi) is 7.19. The Morgan fingerprint density at radius 1 is 1.06 bits per heavy atom. The van der Waals surface area contributed by atoms with E-state index in [2.05, 4.69) is 4.98 Å². The number of pyridine rings is 1.